The van der Waals surface area contributed by atoms with Gasteiger partial charge in [-0.05, 0) is 101 Å². The number of carbonyl (C=O) groups excluding carboxylic acids is 1. The summed E-state index contributed by atoms with van der Waals surface area (Å²) in [7, 11) is 0. The van der Waals surface area contributed by atoms with E-state index in [0.717, 1.165) is 45.0 Å². The molecule has 4 aromatic rings. The number of halogens is 2. The first-order valence-electron chi connectivity index (χ1n) is 12.3. The highest BCUT2D eigenvalue weighted by Gasteiger charge is 2.43. The van der Waals surface area contributed by atoms with E-state index in [1.807, 2.05) is 56.3 Å². The number of nitrogen functional groups attached to an aromatic ring is 1. The van der Waals surface area contributed by atoms with Crippen LogP contribution in [-0.2, 0) is 11.3 Å². The minimum absolute atomic E-state index is 0.0120. The van der Waals surface area contributed by atoms with Gasteiger partial charge in [-0.25, -0.2) is 8.78 Å². The molecule has 0 spiro atoms. The van der Waals surface area contributed by atoms with Crippen molar-refractivity contribution in [3.63, 3.8) is 0 Å². The van der Waals surface area contributed by atoms with E-state index < -0.39 is 11.6 Å². The summed E-state index contributed by atoms with van der Waals surface area (Å²) in [6.45, 7) is 4.23. The second-order valence-electron chi connectivity index (χ2n) is 9.89. The van der Waals surface area contributed by atoms with Crippen molar-refractivity contribution >= 4 is 11.7 Å². The number of hydrogen-bond acceptors (Lipinski definition) is 3. The lowest BCUT2D eigenvalue weighted by Gasteiger charge is -2.18. The molecule has 6 rings (SSSR count). The van der Waals surface area contributed by atoms with E-state index in [4.69, 9.17) is 15.9 Å². The molecule has 4 aromatic carbocycles. The summed E-state index contributed by atoms with van der Waals surface area (Å²) in [6, 6.07) is 18.5. The van der Waals surface area contributed by atoms with E-state index >= 15 is 0 Å². The van der Waals surface area contributed by atoms with Crippen LogP contribution >= 0.6 is 0 Å². The molecular weight excluding hydrogens is 484 g/mol. The molecule has 5 nitrogen and oxygen atoms in total. The number of amidine groups is 1. The molecule has 0 fully saturated rings. The first kappa shape index (κ1) is 24.0. The van der Waals surface area contributed by atoms with Gasteiger partial charge < -0.3 is 15.8 Å². The second-order valence-corrected chi connectivity index (χ2v) is 9.89. The Hall–Kier alpha value is -4.36. The Morgan fingerprint density at radius 2 is 1.53 bits per heavy atom. The molecule has 2 atom stereocenters. The van der Waals surface area contributed by atoms with E-state index in [9.17, 15) is 13.6 Å². The molecule has 2 bridgehead atoms. The van der Waals surface area contributed by atoms with Gasteiger partial charge in [-0.3, -0.25) is 10.2 Å². The third-order valence-corrected chi connectivity index (χ3v) is 7.51. The summed E-state index contributed by atoms with van der Waals surface area (Å²) in [5.74, 6) is -1.42. The summed E-state index contributed by atoms with van der Waals surface area (Å²) in [4.78, 5) is 13.1. The Labute approximate surface area is 218 Å². The normalized spacial score (nSPS) is 16.7. The highest BCUT2D eigenvalue weighted by Crippen LogP contribution is 2.54. The third kappa shape index (κ3) is 3.87. The fourth-order valence-corrected chi connectivity index (χ4v) is 5.58. The monoisotopic (exact) mass is 509 g/mol. The van der Waals surface area contributed by atoms with Crippen LogP contribution in [0.2, 0.25) is 0 Å². The van der Waals surface area contributed by atoms with Crippen LogP contribution in [0.5, 0.6) is 0 Å². The average Bonchev–Trinajstić information content (AvgIpc) is 3.44. The van der Waals surface area contributed by atoms with E-state index in [-0.39, 0.29) is 24.0 Å². The topological polar surface area (TPSA) is 88.2 Å². The van der Waals surface area contributed by atoms with Crippen LogP contribution in [0.1, 0.15) is 67.1 Å². The van der Waals surface area contributed by atoms with Gasteiger partial charge in [0.15, 0.2) is 0 Å². The highest BCUT2D eigenvalue weighted by atomic mass is 19.1. The number of nitrogens with one attached hydrogen (secondary N) is 2. The molecule has 2 aliphatic rings. The fourth-order valence-electron chi connectivity index (χ4n) is 5.58. The van der Waals surface area contributed by atoms with E-state index in [0.29, 0.717) is 28.8 Å². The van der Waals surface area contributed by atoms with Crippen molar-refractivity contribution in [1.29, 1.82) is 5.41 Å². The van der Waals surface area contributed by atoms with Crippen LogP contribution in [0, 0.1) is 30.9 Å². The molecule has 0 saturated heterocycles. The maximum absolute atomic E-state index is 14.4. The molecule has 7 heteroatoms. The number of amides is 1. The molecule has 4 N–H and O–H groups in total. The van der Waals surface area contributed by atoms with Gasteiger partial charge in [-0.1, -0.05) is 18.2 Å². The highest BCUT2D eigenvalue weighted by molar-refractivity contribution is 5.96. The van der Waals surface area contributed by atoms with E-state index in [1.165, 1.54) is 12.1 Å². The van der Waals surface area contributed by atoms with Gasteiger partial charge in [0, 0.05) is 29.3 Å². The second kappa shape index (κ2) is 8.89. The Morgan fingerprint density at radius 3 is 2.21 bits per heavy atom. The van der Waals surface area contributed by atoms with Gasteiger partial charge in [0.25, 0.3) is 5.91 Å². The number of nitrogens with two attached hydrogens (primary N) is 1. The largest absolute Gasteiger partial charge is 0.384 e. The Morgan fingerprint density at radius 1 is 0.868 bits per heavy atom. The zero-order valence-electron chi connectivity index (χ0n) is 20.9. The van der Waals surface area contributed by atoms with Crippen molar-refractivity contribution in [2.24, 2.45) is 5.73 Å². The molecule has 38 heavy (non-hydrogen) atoms. The fraction of sp³-hybridized carbons (Fsp3) is 0.161. The first-order valence-corrected chi connectivity index (χ1v) is 12.3. The molecule has 2 heterocycles. The Balaban J connectivity index is 1.25. The predicted octanol–water partition coefficient (Wildman–Crippen LogP) is 5.99. The quantitative estimate of drug-likeness (QED) is 0.228. The minimum Gasteiger partial charge on any atom is -0.384 e. The van der Waals surface area contributed by atoms with Crippen molar-refractivity contribution < 1.29 is 18.3 Å². The molecule has 0 saturated carbocycles. The number of rotatable bonds is 5. The number of aryl methyl sites for hydroxylation is 2. The lowest BCUT2D eigenvalue weighted by molar-refractivity contribution is 0.0857. The first-order chi connectivity index (χ1) is 18.2. The molecule has 2 unspecified atom stereocenters. The van der Waals surface area contributed by atoms with Crippen LogP contribution in [0.15, 0.2) is 66.7 Å². The van der Waals surface area contributed by atoms with Crippen LogP contribution in [-0.4, -0.2) is 11.7 Å². The summed E-state index contributed by atoms with van der Waals surface area (Å²) < 4.78 is 34.1. The van der Waals surface area contributed by atoms with Gasteiger partial charge in [-0.15, -0.1) is 0 Å². The number of ether oxygens (including phenoxy) is 1. The van der Waals surface area contributed by atoms with Crippen LogP contribution in [0.3, 0.4) is 0 Å². The predicted molar refractivity (Wildman–Crippen MR) is 141 cm³/mol. The molecule has 0 radical (unpaired) electrons. The van der Waals surface area contributed by atoms with Crippen molar-refractivity contribution in [3.05, 3.63) is 128 Å². The van der Waals surface area contributed by atoms with E-state index in [2.05, 4.69) is 5.32 Å². The zero-order valence-corrected chi connectivity index (χ0v) is 20.9. The van der Waals surface area contributed by atoms with Crippen molar-refractivity contribution in [2.75, 3.05) is 0 Å². The van der Waals surface area contributed by atoms with Gasteiger partial charge in [0.05, 0.1) is 0 Å². The van der Waals surface area contributed by atoms with Crippen LogP contribution < -0.4 is 11.1 Å². The van der Waals surface area contributed by atoms with Crippen molar-refractivity contribution in [3.8, 4) is 11.1 Å². The lowest BCUT2D eigenvalue weighted by atomic mass is 9.83. The summed E-state index contributed by atoms with van der Waals surface area (Å²) in [6.07, 6.45) is -0.593. The molecule has 1 amide bonds. The third-order valence-electron chi connectivity index (χ3n) is 7.51. The number of carbonyl (C=O) groups is 1. The Bertz CT molecular complexity index is 1640. The standard InChI is InChI=1S/C31H25F2N3O2/c1-15-9-19(30(34)35)10-16(2)26(15)14-36-31(37)18-4-7-23-25(12-18)29-24-11-17(3-6-22(24)28(23)38-29)21-8-5-20(32)13-27(21)33/h3-13,28-29H,14H2,1-2H3,(H3,34,35)(H,36,37). The SMILES string of the molecule is Cc1cc(C(=N)N)cc(C)c1CNC(=O)c1ccc2c(c1)C1OC2c2ccc(-c3ccc(F)cc3F)cc21. The van der Waals surface area contributed by atoms with Gasteiger partial charge in [0.2, 0.25) is 0 Å². The zero-order chi connectivity index (χ0) is 26.7. The van der Waals surface area contributed by atoms with Gasteiger partial charge in [0.1, 0.15) is 29.7 Å². The van der Waals surface area contributed by atoms with Crippen molar-refractivity contribution in [1.82, 2.24) is 5.32 Å². The van der Waals surface area contributed by atoms with Gasteiger partial charge in [-0.2, -0.15) is 0 Å². The molecular formula is C31H25F2N3O2. The number of hydrogen-bond donors (Lipinski definition) is 3. The number of benzene rings is 4. The molecule has 2 aliphatic heterocycles. The summed E-state index contributed by atoms with van der Waals surface area (Å²) >= 11 is 0. The van der Waals surface area contributed by atoms with Crippen LogP contribution in [0.4, 0.5) is 8.78 Å². The van der Waals surface area contributed by atoms with Crippen LogP contribution in [0.25, 0.3) is 11.1 Å². The summed E-state index contributed by atoms with van der Waals surface area (Å²) in [5.41, 5.74) is 14.6. The molecule has 0 aliphatic carbocycles. The average molecular weight is 510 g/mol. The van der Waals surface area contributed by atoms with Gasteiger partial charge >= 0.3 is 0 Å². The van der Waals surface area contributed by atoms with Crippen molar-refractivity contribution in [2.45, 2.75) is 32.6 Å². The smallest absolute Gasteiger partial charge is 0.251 e. The maximum atomic E-state index is 14.4. The lowest BCUT2D eigenvalue weighted by Crippen LogP contribution is -2.24. The Kier molecular flexibility index (Phi) is 5.61. The van der Waals surface area contributed by atoms with E-state index in [1.54, 1.807) is 6.07 Å². The number of fused-ring (bicyclic) bond motifs is 8. The molecule has 190 valence electrons. The molecule has 0 aromatic heterocycles. The minimum atomic E-state index is -0.618. The summed E-state index contributed by atoms with van der Waals surface area (Å²) in [5, 5.41) is 10.7. The maximum Gasteiger partial charge on any atom is 0.251 e.